The monoisotopic (exact) mass is 238 g/mol. The van der Waals surface area contributed by atoms with E-state index in [9.17, 15) is 4.79 Å². The van der Waals surface area contributed by atoms with Gasteiger partial charge < -0.3 is 0 Å². The summed E-state index contributed by atoms with van der Waals surface area (Å²) >= 11 is 0. The Kier molecular flexibility index (Phi) is 2.70. The predicted molar refractivity (Wildman–Crippen MR) is 74.8 cm³/mol. The van der Waals surface area contributed by atoms with E-state index in [1.165, 1.54) is 29.2 Å². The highest BCUT2D eigenvalue weighted by Crippen LogP contribution is 2.42. The molecule has 0 saturated heterocycles. The van der Waals surface area contributed by atoms with Gasteiger partial charge in [-0.15, -0.1) is 0 Å². The maximum Gasteiger partial charge on any atom is 0.140 e. The smallest absolute Gasteiger partial charge is 0.140 e. The van der Waals surface area contributed by atoms with Crippen LogP contribution in [0.5, 0.6) is 0 Å². The van der Waals surface area contributed by atoms with E-state index in [4.69, 9.17) is 0 Å². The SMILES string of the molecule is CC(=O)C1(c2ccc3ccccc3c2)CCCC1. The van der Waals surface area contributed by atoms with Gasteiger partial charge in [-0.1, -0.05) is 55.3 Å². The number of hydrogen-bond donors (Lipinski definition) is 0. The van der Waals surface area contributed by atoms with Crippen LogP contribution in [-0.4, -0.2) is 5.78 Å². The maximum absolute atomic E-state index is 12.1. The van der Waals surface area contributed by atoms with Crippen LogP contribution < -0.4 is 0 Å². The Morgan fingerprint density at radius 1 is 1.00 bits per heavy atom. The standard InChI is InChI=1S/C17H18O/c1-13(18)17(10-4-5-11-17)16-9-8-14-6-2-3-7-15(14)12-16/h2-3,6-9,12H,4-5,10-11H2,1H3. The van der Waals surface area contributed by atoms with E-state index in [1.807, 2.05) is 0 Å². The van der Waals surface area contributed by atoms with Crippen molar-refractivity contribution < 1.29 is 4.79 Å². The molecule has 2 aromatic carbocycles. The zero-order chi connectivity index (χ0) is 12.6. The second-order valence-electron chi connectivity index (χ2n) is 5.41. The minimum atomic E-state index is -0.204. The van der Waals surface area contributed by atoms with Crippen LogP contribution in [0, 0.1) is 0 Å². The van der Waals surface area contributed by atoms with Crippen LogP contribution in [0.2, 0.25) is 0 Å². The number of Topliss-reactive ketones (excluding diaryl/α,β-unsaturated/α-hetero) is 1. The average Bonchev–Trinajstić information content (AvgIpc) is 2.89. The summed E-state index contributed by atoms with van der Waals surface area (Å²) in [6, 6.07) is 14.9. The molecule has 1 heteroatoms. The first-order chi connectivity index (χ1) is 8.72. The predicted octanol–water partition coefficient (Wildman–Crippen LogP) is 4.24. The average molecular weight is 238 g/mol. The number of hydrogen-bond acceptors (Lipinski definition) is 1. The van der Waals surface area contributed by atoms with Crippen molar-refractivity contribution in [2.45, 2.75) is 38.0 Å². The molecule has 1 fully saturated rings. The minimum Gasteiger partial charge on any atom is -0.299 e. The molecule has 0 N–H and O–H groups in total. The van der Waals surface area contributed by atoms with Gasteiger partial charge in [-0.2, -0.15) is 0 Å². The van der Waals surface area contributed by atoms with Gasteiger partial charge in [-0.05, 0) is 36.1 Å². The second kappa shape index (κ2) is 4.24. The lowest BCUT2D eigenvalue weighted by molar-refractivity contribution is -0.122. The van der Waals surface area contributed by atoms with Gasteiger partial charge in [0.05, 0.1) is 5.41 Å². The molecule has 2 aromatic rings. The maximum atomic E-state index is 12.1. The normalized spacial score (nSPS) is 18.1. The Labute approximate surface area is 108 Å². The van der Waals surface area contributed by atoms with Crippen molar-refractivity contribution in [2.24, 2.45) is 0 Å². The first kappa shape index (κ1) is 11.5. The van der Waals surface area contributed by atoms with Gasteiger partial charge in [0.2, 0.25) is 0 Å². The van der Waals surface area contributed by atoms with Crippen LogP contribution in [0.3, 0.4) is 0 Å². The number of rotatable bonds is 2. The molecule has 1 nitrogen and oxygen atoms in total. The van der Waals surface area contributed by atoms with E-state index in [0.717, 1.165) is 12.8 Å². The van der Waals surface area contributed by atoms with Gasteiger partial charge in [0, 0.05) is 0 Å². The van der Waals surface area contributed by atoms with Crippen molar-refractivity contribution in [2.75, 3.05) is 0 Å². The van der Waals surface area contributed by atoms with Crippen LogP contribution in [0.15, 0.2) is 42.5 Å². The van der Waals surface area contributed by atoms with Crippen LogP contribution in [-0.2, 0) is 10.2 Å². The summed E-state index contributed by atoms with van der Waals surface area (Å²) in [5, 5.41) is 2.49. The Morgan fingerprint density at radius 3 is 2.33 bits per heavy atom. The van der Waals surface area contributed by atoms with Crippen molar-refractivity contribution in [1.29, 1.82) is 0 Å². The van der Waals surface area contributed by atoms with Gasteiger partial charge in [0.15, 0.2) is 0 Å². The zero-order valence-electron chi connectivity index (χ0n) is 10.8. The Bertz CT molecular complexity index is 591. The fourth-order valence-electron chi connectivity index (χ4n) is 3.31. The number of fused-ring (bicyclic) bond motifs is 1. The molecule has 0 bridgehead atoms. The molecule has 0 atom stereocenters. The molecule has 92 valence electrons. The summed E-state index contributed by atoms with van der Waals surface area (Å²) in [4.78, 5) is 12.1. The van der Waals surface area contributed by atoms with Gasteiger partial charge in [-0.3, -0.25) is 4.79 Å². The Balaban J connectivity index is 2.15. The summed E-state index contributed by atoms with van der Waals surface area (Å²) in [5.41, 5.74) is 1.01. The first-order valence-electron chi connectivity index (χ1n) is 6.73. The molecule has 0 aliphatic heterocycles. The molecule has 3 rings (SSSR count). The molecule has 1 aliphatic rings. The molecule has 1 saturated carbocycles. The summed E-state index contributed by atoms with van der Waals surface area (Å²) < 4.78 is 0. The van der Waals surface area contributed by atoms with E-state index in [-0.39, 0.29) is 5.41 Å². The van der Waals surface area contributed by atoms with Crippen molar-refractivity contribution in [3.63, 3.8) is 0 Å². The molecular weight excluding hydrogens is 220 g/mol. The topological polar surface area (TPSA) is 17.1 Å². The van der Waals surface area contributed by atoms with E-state index in [1.54, 1.807) is 6.92 Å². The van der Waals surface area contributed by atoms with Crippen molar-refractivity contribution >= 4 is 16.6 Å². The highest BCUT2D eigenvalue weighted by molar-refractivity contribution is 5.91. The number of benzene rings is 2. The van der Waals surface area contributed by atoms with E-state index < -0.39 is 0 Å². The van der Waals surface area contributed by atoms with Crippen molar-refractivity contribution in [3.8, 4) is 0 Å². The molecule has 0 unspecified atom stereocenters. The van der Waals surface area contributed by atoms with E-state index >= 15 is 0 Å². The molecule has 0 aromatic heterocycles. The lowest BCUT2D eigenvalue weighted by Gasteiger charge is -2.26. The number of carbonyl (C=O) groups excluding carboxylic acids is 1. The van der Waals surface area contributed by atoms with Gasteiger partial charge in [0.1, 0.15) is 5.78 Å². The largest absolute Gasteiger partial charge is 0.299 e. The fraction of sp³-hybridized carbons (Fsp3) is 0.353. The second-order valence-corrected chi connectivity index (χ2v) is 5.41. The molecule has 18 heavy (non-hydrogen) atoms. The fourth-order valence-corrected chi connectivity index (χ4v) is 3.31. The van der Waals surface area contributed by atoms with Gasteiger partial charge in [0.25, 0.3) is 0 Å². The summed E-state index contributed by atoms with van der Waals surface area (Å²) in [6.07, 6.45) is 4.38. The third kappa shape index (κ3) is 1.66. The molecular formula is C17H18O. The first-order valence-corrected chi connectivity index (χ1v) is 6.73. The molecule has 1 aliphatic carbocycles. The molecule has 0 amide bonds. The van der Waals surface area contributed by atoms with Crippen LogP contribution in [0.25, 0.3) is 10.8 Å². The van der Waals surface area contributed by atoms with E-state index in [2.05, 4.69) is 42.5 Å². The summed E-state index contributed by atoms with van der Waals surface area (Å²) in [6.45, 7) is 1.75. The summed E-state index contributed by atoms with van der Waals surface area (Å²) in [5.74, 6) is 0.329. The molecule has 0 radical (unpaired) electrons. The van der Waals surface area contributed by atoms with Gasteiger partial charge in [-0.25, -0.2) is 0 Å². The number of ketones is 1. The van der Waals surface area contributed by atoms with Crippen LogP contribution in [0.1, 0.15) is 38.2 Å². The third-order valence-corrected chi connectivity index (χ3v) is 4.43. The highest BCUT2D eigenvalue weighted by Gasteiger charge is 2.39. The summed E-state index contributed by atoms with van der Waals surface area (Å²) in [7, 11) is 0. The molecule has 0 spiro atoms. The van der Waals surface area contributed by atoms with Crippen molar-refractivity contribution in [1.82, 2.24) is 0 Å². The lowest BCUT2D eigenvalue weighted by Crippen LogP contribution is -2.30. The quantitative estimate of drug-likeness (QED) is 0.764. The third-order valence-electron chi connectivity index (χ3n) is 4.43. The highest BCUT2D eigenvalue weighted by atomic mass is 16.1. The van der Waals surface area contributed by atoms with Gasteiger partial charge >= 0.3 is 0 Å². The van der Waals surface area contributed by atoms with Crippen LogP contribution >= 0.6 is 0 Å². The lowest BCUT2D eigenvalue weighted by atomic mass is 9.75. The van der Waals surface area contributed by atoms with E-state index in [0.29, 0.717) is 5.78 Å². The Morgan fingerprint density at radius 2 is 1.67 bits per heavy atom. The zero-order valence-corrected chi connectivity index (χ0v) is 10.8. The van der Waals surface area contributed by atoms with Crippen molar-refractivity contribution in [3.05, 3.63) is 48.0 Å². The van der Waals surface area contributed by atoms with Crippen LogP contribution in [0.4, 0.5) is 0 Å². The minimum absolute atomic E-state index is 0.204. The number of carbonyl (C=O) groups is 1. The molecule has 0 heterocycles. The Hall–Kier alpha value is -1.63.